The van der Waals surface area contributed by atoms with Crippen molar-refractivity contribution in [1.82, 2.24) is 9.97 Å². The topological polar surface area (TPSA) is 28.7 Å². The van der Waals surface area contributed by atoms with Gasteiger partial charge in [0, 0.05) is 28.2 Å². The summed E-state index contributed by atoms with van der Waals surface area (Å²) in [7, 11) is 0. The van der Waals surface area contributed by atoms with Crippen molar-refractivity contribution < 1.29 is 0 Å². The zero-order valence-corrected chi connectivity index (χ0v) is 8.21. The van der Waals surface area contributed by atoms with Crippen molar-refractivity contribution in [3.05, 3.63) is 41.4 Å². The molecule has 0 fully saturated rings. The maximum Gasteiger partial charge on any atom is 0.0645 e. The van der Waals surface area contributed by atoms with Crippen LogP contribution in [0, 0.1) is 0 Å². The van der Waals surface area contributed by atoms with E-state index in [1.165, 1.54) is 10.9 Å². The van der Waals surface area contributed by atoms with E-state index in [4.69, 9.17) is 0 Å². The molecule has 0 aliphatic heterocycles. The van der Waals surface area contributed by atoms with E-state index in [1.807, 2.05) is 18.5 Å². The number of pyridine rings is 1. The fourth-order valence-electron chi connectivity index (χ4n) is 1.55. The van der Waals surface area contributed by atoms with Gasteiger partial charge in [0.15, 0.2) is 0 Å². The van der Waals surface area contributed by atoms with Crippen molar-refractivity contribution >= 4 is 22.2 Å². The molecule has 0 radical (unpaired) electrons. The summed E-state index contributed by atoms with van der Waals surface area (Å²) in [5.41, 5.74) is 3.49. The normalized spacial score (nSPS) is 10.9. The van der Waals surface area contributed by atoms with Crippen LogP contribution < -0.4 is 0 Å². The number of aromatic amines is 1. The maximum absolute atomic E-state index is 4.08. The largest absolute Gasteiger partial charge is 0.353 e. The van der Waals surface area contributed by atoms with Crippen LogP contribution in [-0.4, -0.2) is 9.97 Å². The Hall–Kier alpha value is -1.61. The third kappa shape index (κ3) is 1.14. The Morgan fingerprint density at radius 1 is 1.29 bits per heavy atom. The van der Waals surface area contributed by atoms with Gasteiger partial charge in [-0.25, -0.2) is 0 Å². The molecule has 3 aromatic rings. The smallest absolute Gasteiger partial charge is 0.0645 e. The molecule has 68 valence electrons. The lowest BCUT2D eigenvalue weighted by Crippen LogP contribution is -1.71. The minimum absolute atomic E-state index is 1.09. The highest BCUT2D eigenvalue weighted by Crippen LogP contribution is 2.24. The summed E-state index contributed by atoms with van der Waals surface area (Å²) in [4.78, 5) is 7.42. The average molecular weight is 200 g/mol. The van der Waals surface area contributed by atoms with Gasteiger partial charge in [0.25, 0.3) is 0 Å². The standard InChI is InChI=1S/C11H8N2S/c1-3-12-6-11-8(1)5-10(13-11)9-2-4-14-7-9/h1-7,13H. The minimum Gasteiger partial charge on any atom is -0.353 e. The molecular weight excluding hydrogens is 192 g/mol. The number of fused-ring (bicyclic) bond motifs is 1. The molecule has 14 heavy (non-hydrogen) atoms. The minimum atomic E-state index is 1.09. The van der Waals surface area contributed by atoms with Gasteiger partial charge in [-0.3, -0.25) is 4.98 Å². The first-order chi connectivity index (χ1) is 6.93. The quantitative estimate of drug-likeness (QED) is 0.641. The molecule has 0 amide bonds. The Labute approximate surface area is 85.2 Å². The van der Waals surface area contributed by atoms with E-state index in [0.29, 0.717) is 0 Å². The Kier molecular flexibility index (Phi) is 1.64. The van der Waals surface area contributed by atoms with Crippen LogP contribution in [-0.2, 0) is 0 Å². The number of rotatable bonds is 1. The molecule has 2 nitrogen and oxygen atoms in total. The van der Waals surface area contributed by atoms with Crippen molar-refractivity contribution in [2.75, 3.05) is 0 Å². The Morgan fingerprint density at radius 2 is 2.29 bits per heavy atom. The third-order valence-corrected chi connectivity index (χ3v) is 2.94. The predicted octanol–water partition coefficient (Wildman–Crippen LogP) is 3.29. The molecule has 0 bridgehead atoms. The molecule has 3 rings (SSSR count). The number of hydrogen-bond donors (Lipinski definition) is 1. The molecule has 0 aromatic carbocycles. The first kappa shape index (κ1) is 7.76. The Balaban J connectivity index is 2.24. The lowest BCUT2D eigenvalue weighted by Gasteiger charge is -1.88. The summed E-state index contributed by atoms with van der Waals surface area (Å²) in [6.45, 7) is 0. The molecule has 0 aliphatic carbocycles. The molecule has 1 N–H and O–H groups in total. The lowest BCUT2D eigenvalue weighted by atomic mass is 10.2. The van der Waals surface area contributed by atoms with Gasteiger partial charge >= 0.3 is 0 Å². The van der Waals surface area contributed by atoms with Gasteiger partial charge in [-0.05, 0) is 23.6 Å². The highest BCUT2D eigenvalue weighted by atomic mass is 32.1. The van der Waals surface area contributed by atoms with Gasteiger partial charge < -0.3 is 4.98 Å². The van der Waals surface area contributed by atoms with Gasteiger partial charge in [-0.1, -0.05) is 0 Å². The van der Waals surface area contributed by atoms with Crippen molar-refractivity contribution in [2.24, 2.45) is 0 Å². The van der Waals surface area contributed by atoms with Crippen LogP contribution in [0.5, 0.6) is 0 Å². The summed E-state index contributed by atoms with van der Waals surface area (Å²) in [6.07, 6.45) is 3.67. The molecule has 3 heteroatoms. The molecule has 0 spiro atoms. The molecule has 0 unspecified atom stereocenters. The molecule has 0 saturated carbocycles. The first-order valence-electron chi connectivity index (χ1n) is 4.39. The molecule has 3 heterocycles. The van der Waals surface area contributed by atoms with Crippen LogP contribution >= 0.6 is 11.3 Å². The van der Waals surface area contributed by atoms with Gasteiger partial charge in [0.1, 0.15) is 0 Å². The Bertz CT molecular complexity index is 518. The van der Waals surface area contributed by atoms with E-state index in [1.54, 1.807) is 11.3 Å². The van der Waals surface area contributed by atoms with Crippen molar-refractivity contribution in [2.45, 2.75) is 0 Å². The SMILES string of the molecule is c1cc2cc(-c3ccsc3)[nH]c2cn1. The molecule has 0 atom stereocenters. The van der Waals surface area contributed by atoms with Crippen LogP contribution in [0.2, 0.25) is 0 Å². The second-order valence-electron chi connectivity index (χ2n) is 3.16. The number of hydrogen-bond acceptors (Lipinski definition) is 2. The van der Waals surface area contributed by atoms with E-state index >= 15 is 0 Å². The molecular formula is C11H8N2S. The van der Waals surface area contributed by atoms with Crippen molar-refractivity contribution in [3.63, 3.8) is 0 Å². The summed E-state index contributed by atoms with van der Waals surface area (Å²) >= 11 is 1.71. The number of nitrogens with one attached hydrogen (secondary N) is 1. The van der Waals surface area contributed by atoms with Crippen LogP contribution in [0.3, 0.4) is 0 Å². The second kappa shape index (κ2) is 2.96. The number of aromatic nitrogens is 2. The van der Waals surface area contributed by atoms with E-state index in [2.05, 4.69) is 32.9 Å². The third-order valence-electron chi connectivity index (χ3n) is 2.26. The fourth-order valence-corrected chi connectivity index (χ4v) is 2.20. The van der Waals surface area contributed by atoms with Gasteiger partial charge in [-0.2, -0.15) is 11.3 Å². The van der Waals surface area contributed by atoms with Crippen LogP contribution in [0.15, 0.2) is 41.4 Å². The van der Waals surface area contributed by atoms with E-state index < -0.39 is 0 Å². The van der Waals surface area contributed by atoms with E-state index in [-0.39, 0.29) is 0 Å². The highest BCUT2D eigenvalue weighted by molar-refractivity contribution is 7.08. The second-order valence-corrected chi connectivity index (χ2v) is 3.94. The van der Waals surface area contributed by atoms with Crippen LogP contribution in [0.4, 0.5) is 0 Å². The predicted molar refractivity (Wildman–Crippen MR) is 59.4 cm³/mol. The number of thiophene rings is 1. The van der Waals surface area contributed by atoms with Gasteiger partial charge in [-0.15, -0.1) is 0 Å². The van der Waals surface area contributed by atoms with E-state index in [0.717, 1.165) is 11.2 Å². The molecule has 0 saturated heterocycles. The van der Waals surface area contributed by atoms with Gasteiger partial charge in [0.05, 0.1) is 11.7 Å². The monoisotopic (exact) mass is 200 g/mol. The molecule has 0 aliphatic rings. The average Bonchev–Trinajstić information content (AvgIpc) is 2.86. The highest BCUT2D eigenvalue weighted by Gasteiger charge is 2.02. The summed E-state index contributed by atoms with van der Waals surface area (Å²) in [6, 6.07) is 6.28. The van der Waals surface area contributed by atoms with Gasteiger partial charge in [0.2, 0.25) is 0 Å². The number of H-pyrrole nitrogens is 1. The summed E-state index contributed by atoms with van der Waals surface area (Å²) in [5, 5.41) is 5.43. The van der Waals surface area contributed by atoms with Crippen molar-refractivity contribution in [3.8, 4) is 11.3 Å². The zero-order chi connectivity index (χ0) is 9.38. The van der Waals surface area contributed by atoms with Crippen LogP contribution in [0.25, 0.3) is 22.2 Å². The Morgan fingerprint density at radius 3 is 3.07 bits per heavy atom. The summed E-state index contributed by atoms with van der Waals surface area (Å²) < 4.78 is 0. The fraction of sp³-hybridized carbons (Fsp3) is 0. The van der Waals surface area contributed by atoms with E-state index in [9.17, 15) is 0 Å². The maximum atomic E-state index is 4.08. The van der Waals surface area contributed by atoms with Crippen LogP contribution in [0.1, 0.15) is 0 Å². The van der Waals surface area contributed by atoms with Crippen molar-refractivity contribution in [1.29, 1.82) is 0 Å². The lowest BCUT2D eigenvalue weighted by molar-refractivity contribution is 1.34. The number of nitrogens with zero attached hydrogens (tertiary/aromatic N) is 1. The molecule has 3 aromatic heterocycles. The zero-order valence-electron chi connectivity index (χ0n) is 7.40. The summed E-state index contributed by atoms with van der Waals surface area (Å²) in [5.74, 6) is 0. The first-order valence-corrected chi connectivity index (χ1v) is 5.33.